The van der Waals surface area contributed by atoms with Gasteiger partial charge < -0.3 is 9.32 Å². The molecule has 3 nitrogen and oxygen atoms in total. The zero-order valence-electron chi connectivity index (χ0n) is 10.1. The molecule has 0 spiro atoms. The number of nitrogens with zero attached hydrogens (tertiary/aromatic N) is 1. The molecule has 2 heterocycles. The Morgan fingerprint density at radius 2 is 2.11 bits per heavy atom. The topological polar surface area (TPSA) is 33.5 Å². The van der Waals surface area contributed by atoms with Crippen LogP contribution in [-0.2, 0) is 11.3 Å². The Kier molecular flexibility index (Phi) is 3.53. The van der Waals surface area contributed by atoms with Gasteiger partial charge in [-0.2, -0.15) is 0 Å². The van der Waals surface area contributed by atoms with Crippen LogP contribution >= 0.6 is 23.4 Å². The van der Waals surface area contributed by atoms with Crippen LogP contribution < -0.4 is 0 Å². The molecule has 1 aliphatic rings. The molecular formula is C14H12ClNO2S. The average molecular weight is 294 g/mol. The quantitative estimate of drug-likeness (QED) is 0.865. The maximum atomic E-state index is 12.0. The third-order valence-electron chi connectivity index (χ3n) is 3.02. The number of halogens is 1. The maximum Gasteiger partial charge on any atom is 0.234 e. The third kappa shape index (κ3) is 2.65. The molecule has 1 amide bonds. The zero-order valence-corrected chi connectivity index (χ0v) is 11.7. The van der Waals surface area contributed by atoms with Gasteiger partial charge in [0.15, 0.2) is 0 Å². The lowest BCUT2D eigenvalue weighted by Gasteiger charge is -2.22. The van der Waals surface area contributed by atoms with E-state index in [-0.39, 0.29) is 11.3 Å². The van der Waals surface area contributed by atoms with E-state index in [0.29, 0.717) is 17.3 Å². The number of benzene rings is 1. The summed E-state index contributed by atoms with van der Waals surface area (Å²) >= 11 is 7.46. The van der Waals surface area contributed by atoms with E-state index in [1.807, 2.05) is 41.3 Å². The fourth-order valence-electron chi connectivity index (χ4n) is 2.08. The summed E-state index contributed by atoms with van der Waals surface area (Å²) in [5.74, 6) is 1.46. The summed E-state index contributed by atoms with van der Waals surface area (Å²) in [4.78, 5) is 13.8. The van der Waals surface area contributed by atoms with Crippen LogP contribution in [0.4, 0.5) is 0 Å². The van der Waals surface area contributed by atoms with Crippen LogP contribution in [0.1, 0.15) is 16.7 Å². The number of rotatable bonds is 3. The molecule has 0 saturated carbocycles. The molecule has 1 saturated heterocycles. The zero-order chi connectivity index (χ0) is 13.2. The van der Waals surface area contributed by atoms with E-state index in [1.165, 1.54) is 0 Å². The molecule has 1 fully saturated rings. The first-order valence-electron chi connectivity index (χ1n) is 5.93. The first kappa shape index (κ1) is 12.6. The van der Waals surface area contributed by atoms with Crippen LogP contribution in [-0.4, -0.2) is 16.6 Å². The normalized spacial score (nSPS) is 19.1. The molecule has 3 rings (SSSR count). The highest BCUT2D eigenvalue weighted by molar-refractivity contribution is 8.00. The molecule has 0 radical (unpaired) electrons. The second-order valence-corrected chi connectivity index (χ2v) is 5.83. The van der Waals surface area contributed by atoms with Crippen molar-refractivity contribution in [2.45, 2.75) is 11.9 Å². The SMILES string of the molecule is O=C1CS[C@@H](c2ccco2)N1Cc1ccc(Cl)cc1. The molecule has 19 heavy (non-hydrogen) atoms. The van der Waals surface area contributed by atoms with Gasteiger partial charge in [0.25, 0.3) is 0 Å². The second kappa shape index (κ2) is 5.31. The first-order valence-corrected chi connectivity index (χ1v) is 7.35. The van der Waals surface area contributed by atoms with Gasteiger partial charge in [-0.05, 0) is 29.8 Å². The maximum absolute atomic E-state index is 12.0. The molecular weight excluding hydrogens is 282 g/mol. The summed E-state index contributed by atoms with van der Waals surface area (Å²) in [5.41, 5.74) is 1.07. The summed E-state index contributed by atoms with van der Waals surface area (Å²) in [5, 5.41) is 0.673. The summed E-state index contributed by atoms with van der Waals surface area (Å²) < 4.78 is 5.42. The predicted octanol–water partition coefficient (Wildman–Crippen LogP) is 3.71. The Hall–Kier alpha value is -1.39. The smallest absolute Gasteiger partial charge is 0.234 e. The highest BCUT2D eigenvalue weighted by Gasteiger charge is 2.34. The van der Waals surface area contributed by atoms with E-state index in [0.717, 1.165) is 11.3 Å². The lowest BCUT2D eigenvalue weighted by atomic mass is 10.2. The lowest BCUT2D eigenvalue weighted by Crippen LogP contribution is -2.27. The van der Waals surface area contributed by atoms with Crippen molar-refractivity contribution in [1.82, 2.24) is 4.90 Å². The van der Waals surface area contributed by atoms with E-state index < -0.39 is 0 Å². The number of carbonyl (C=O) groups excluding carboxylic acids is 1. The van der Waals surface area contributed by atoms with E-state index in [9.17, 15) is 4.79 Å². The summed E-state index contributed by atoms with van der Waals surface area (Å²) in [6, 6.07) is 11.3. The Balaban J connectivity index is 1.81. The van der Waals surface area contributed by atoms with E-state index in [4.69, 9.17) is 16.0 Å². The Morgan fingerprint density at radius 3 is 2.79 bits per heavy atom. The largest absolute Gasteiger partial charge is 0.466 e. The first-order chi connectivity index (χ1) is 9.24. The van der Waals surface area contributed by atoms with Crippen LogP contribution in [0.5, 0.6) is 0 Å². The van der Waals surface area contributed by atoms with Gasteiger partial charge in [-0.3, -0.25) is 4.79 Å². The Labute approximate surface area is 120 Å². The number of furan rings is 1. The molecule has 0 aliphatic carbocycles. The van der Waals surface area contributed by atoms with E-state index >= 15 is 0 Å². The fraction of sp³-hybridized carbons (Fsp3) is 0.214. The molecule has 5 heteroatoms. The van der Waals surface area contributed by atoms with Crippen molar-refractivity contribution in [3.05, 3.63) is 59.0 Å². The number of hydrogen-bond donors (Lipinski definition) is 0. The second-order valence-electron chi connectivity index (χ2n) is 4.33. The minimum atomic E-state index is -0.0295. The third-order valence-corrected chi connectivity index (χ3v) is 4.49. The summed E-state index contributed by atoms with van der Waals surface area (Å²) in [6.45, 7) is 0.578. The van der Waals surface area contributed by atoms with Crippen LogP contribution in [0.15, 0.2) is 47.1 Å². The van der Waals surface area contributed by atoms with Crippen molar-refractivity contribution >= 4 is 29.3 Å². The Bertz CT molecular complexity index is 568. The van der Waals surface area contributed by atoms with Crippen LogP contribution in [0, 0.1) is 0 Å². The molecule has 1 aliphatic heterocycles. The molecule has 1 aromatic heterocycles. The van der Waals surface area contributed by atoms with Crippen molar-refractivity contribution in [3.63, 3.8) is 0 Å². The van der Waals surface area contributed by atoms with Crippen LogP contribution in [0.3, 0.4) is 0 Å². The number of hydrogen-bond acceptors (Lipinski definition) is 3. The van der Waals surface area contributed by atoms with Gasteiger partial charge in [0.05, 0.1) is 12.0 Å². The summed E-state index contributed by atoms with van der Waals surface area (Å²) in [7, 11) is 0. The Morgan fingerprint density at radius 1 is 1.32 bits per heavy atom. The highest BCUT2D eigenvalue weighted by atomic mass is 35.5. The van der Waals surface area contributed by atoms with Gasteiger partial charge in [0, 0.05) is 11.6 Å². The van der Waals surface area contributed by atoms with E-state index in [2.05, 4.69) is 0 Å². The average Bonchev–Trinajstić information content (AvgIpc) is 3.03. The minimum Gasteiger partial charge on any atom is -0.466 e. The van der Waals surface area contributed by atoms with Crippen molar-refractivity contribution in [1.29, 1.82) is 0 Å². The number of amides is 1. The number of thioether (sulfide) groups is 1. The van der Waals surface area contributed by atoms with Crippen LogP contribution in [0.2, 0.25) is 5.02 Å². The standard InChI is InChI=1S/C14H12ClNO2S/c15-11-5-3-10(4-6-11)8-16-13(17)9-19-14(16)12-2-1-7-18-12/h1-7,14H,8-9H2/t14-/m0/s1. The molecule has 98 valence electrons. The molecule has 0 unspecified atom stereocenters. The molecule has 1 aromatic carbocycles. The highest BCUT2D eigenvalue weighted by Crippen LogP contribution is 2.39. The molecule has 2 aromatic rings. The minimum absolute atomic E-state index is 0.0295. The van der Waals surface area contributed by atoms with Crippen molar-refractivity contribution < 1.29 is 9.21 Å². The van der Waals surface area contributed by atoms with Crippen molar-refractivity contribution in [2.24, 2.45) is 0 Å². The molecule has 0 N–H and O–H groups in total. The fourth-order valence-corrected chi connectivity index (χ4v) is 3.34. The van der Waals surface area contributed by atoms with Crippen molar-refractivity contribution in [2.75, 3.05) is 5.75 Å². The molecule has 0 bridgehead atoms. The van der Waals surface area contributed by atoms with Crippen molar-refractivity contribution in [3.8, 4) is 0 Å². The molecule has 1 atom stereocenters. The van der Waals surface area contributed by atoms with Gasteiger partial charge in [-0.1, -0.05) is 23.7 Å². The predicted molar refractivity (Wildman–Crippen MR) is 75.9 cm³/mol. The summed E-state index contributed by atoms with van der Waals surface area (Å²) in [6.07, 6.45) is 1.64. The number of carbonyl (C=O) groups is 1. The van der Waals surface area contributed by atoms with Gasteiger partial charge in [-0.15, -0.1) is 11.8 Å². The van der Waals surface area contributed by atoms with Gasteiger partial charge in [-0.25, -0.2) is 0 Å². The van der Waals surface area contributed by atoms with Crippen LogP contribution in [0.25, 0.3) is 0 Å². The van der Waals surface area contributed by atoms with Gasteiger partial charge in [0.1, 0.15) is 11.1 Å². The van der Waals surface area contributed by atoms with E-state index in [1.54, 1.807) is 18.0 Å². The monoisotopic (exact) mass is 293 g/mol. The van der Waals surface area contributed by atoms with Gasteiger partial charge in [0.2, 0.25) is 5.91 Å². The van der Waals surface area contributed by atoms with Gasteiger partial charge >= 0.3 is 0 Å². The lowest BCUT2D eigenvalue weighted by molar-refractivity contribution is -0.128.